The van der Waals surface area contributed by atoms with Crippen LogP contribution in [0.3, 0.4) is 0 Å². The molecule has 7 nitrogen and oxygen atoms in total. The second-order valence-electron chi connectivity index (χ2n) is 7.21. The van der Waals surface area contributed by atoms with Crippen molar-refractivity contribution >= 4 is 17.7 Å². The van der Waals surface area contributed by atoms with Crippen molar-refractivity contribution in [2.75, 3.05) is 62.3 Å². The Labute approximate surface area is 149 Å². The zero-order chi connectivity index (χ0) is 17.2. The lowest BCUT2D eigenvalue weighted by atomic mass is 9.84. The summed E-state index contributed by atoms with van der Waals surface area (Å²) >= 11 is 0. The van der Waals surface area contributed by atoms with E-state index in [-0.39, 0.29) is 5.92 Å². The molecule has 0 N–H and O–H groups in total. The van der Waals surface area contributed by atoms with Gasteiger partial charge in [-0.1, -0.05) is 6.42 Å². The minimum Gasteiger partial charge on any atom is -0.378 e. The summed E-state index contributed by atoms with van der Waals surface area (Å²) in [6, 6.07) is 2.05. The zero-order valence-corrected chi connectivity index (χ0v) is 15.0. The largest absolute Gasteiger partial charge is 0.378 e. The van der Waals surface area contributed by atoms with E-state index in [4.69, 9.17) is 9.72 Å². The molecule has 1 aromatic rings. The Morgan fingerprint density at radius 2 is 1.76 bits per heavy atom. The highest BCUT2D eigenvalue weighted by atomic mass is 16.5. The SMILES string of the molecule is Cc1cc(N2CCOCC2)nc(N2CCN(C(=O)C3CCC3)CC2)n1. The lowest BCUT2D eigenvalue weighted by Crippen LogP contribution is -2.51. The number of amides is 1. The number of aryl methyl sites for hydroxylation is 1. The second-order valence-corrected chi connectivity index (χ2v) is 7.21. The summed E-state index contributed by atoms with van der Waals surface area (Å²) in [4.78, 5) is 28.3. The second kappa shape index (κ2) is 7.15. The van der Waals surface area contributed by atoms with Crippen molar-refractivity contribution < 1.29 is 9.53 Å². The van der Waals surface area contributed by atoms with Crippen molar-refractivity contribution in [3.8, 4) is 0 Å². The number of aromatic nitrogens is 2. The summed E-state index contributed by atoms with van der Waals surface area (Å²) in [6.45, 7) is 8.44. The van der Waals surface area contributed by atoms with Gasteiger partial charge in [-0.25, -0.2) is 4.98 Å². The van der Waals surface area contributed by atoms with E-state index in [1.165, 1.54) is 6.42 Å². The molecule has 1 aromatic heterocycles. The van der Waals surface area contributed by atoms with E-state index >= 15 is 0 Å². The van der Waals surface area contributed by atoms with E-state index in [2.05, 4.69) is 14.8 Å². The number of hydrogen-bond acceptors (Lipinski definition) is 6. The molecule has 2 aliphatic heterocycles. The summed E-state index contributed by atoms with van der Waals surface area (Å²) in [5, 5.41) is 0. The minimum absolute atomic E-state index is 0.287. The van der Waals surface area contributed by atoms with E-state index in [9.17, 15) is 4.79 Å². The molecular weight excluding hydrogens is 318 g/mol. The third kappa shape index (κ3) is 3.56. The fraction of sp³-hybridized carbons (Fsp3) is 0.722. The van der Waals surface area contributed by atoms with Crippen LogP contribution in [-0.2, 0) is 9.53 Å². The molecule has 7 heteroatoms. The Morgan fingerprint density at radius 1 is 1.04 bits per heavy atom. The van der Waals surface area contributed by atoms with Crippen LogP contribution >= 0.6 is 0 Å². The molecule has 2 saturated heterocycles. The van der Waals surface area contributed by atoms with Gasteiger partial charge in [-0.2, -0.15) is 4.98 Å². The smallest absolute Gasteiger partial charge is 0.227 e. The molecule has 4 rings (SSSR count). The van der Waals surface area contributed by atoms with Crippen LogP contribution in [0.5, 0.6) is 0 Å². The fourth-order valence-corrected chi connectivity index (χ4v) is 3.67. The van der Waals surface area contributed by atoms with Gasteiger partial charge in [0.1, 0.15) is 5.82 Å². The first-order valence-electron chi connectivity index (χ1n) is 9.43. The first-order valence-corrected chi connectivity index (χ1v) is 9.43. The molecule has 0 aromatic carbocycles. The summed E-state index contributed by atoms with van der Waals surface area (Å²) in [5.41, 5.74) is 0.986. The molecule has 3 aliphatic rings. The normalized spacial score (nSPS) is 22.0. The molecule has 0 radical (unpaired) electrons. The predicted octanol–water partition coefficient (Wildman–Crippen LogP) is 1.07. The highest BCUT2D eigenvalue weighted by Gasteiger charge is 2.31. The molecular formula is C18H27N5O2. The predicted molar refractivity (Wildman–Crippen MR) is 95.9 cm³/mol. The van der Waals surface area contributed by atoms with Crippen LogP contribution in [-0.4, -0.2) is 73.3 Å². The third-order valence-corrected chi connectivity index (χ3v) is 5.49. The summed E-state index contributed by atoms with van der Waals surface area (Å²) in [5.74, 6) is 2.41. The Balaban J connectivity index is 1.41. The number of anilines is 2. The molecule has 25 heavy (non-hydrogen) atoms. The first kappa shape index (κ1) is 16.6. The van der Waals surface area contributed by atoms with Crippen molar-refractivity contribution in [2.45, 2.75) is 26.2 Å². The van der Waals surface area contributed by atoms with E-state index in [0.29, 0.717) is 5.91 Å². The summed E-state index contributed by atoms with van der Waals surface area (Å²) < 4.78 is 5.43. The van der Waals surface area contributed by atoms with Crippen LogP contribution < -0.4 is 9.80 Å². The van der Waals surface area contributed by atoms with Crippen molar-refractivity contribution in [2.24, 2.45) is 5.92 Å². The van der Waals surface area contributed by atoms with Gasteiger partial charge in [0, 0.05) is 56.9 Å². The van der Waals surface area contributed by atoms with Gasteiger partial charge < -0.3 is 19.4 Å². The van der Waals surface area contributed by atoms with Gasteiger partial charge in [-0.3, -0.25) is 4.79 Å². The van der Waals surface area contributed by atoms with Gasteiger partial charge in [0.25, 0.3) is 0 Å². The average Bonchev–Trinajstić information content (AvgIpc) is 2.60. The van der Waals surface area contributed by atoms with Gasteiger partial charge in [0.2, 0.25) is 11.9 Å². The number of nitrogens with zero attached hydrogens (tertiary/aromatic N) is 5. The molecule has 1 saturated carbocycles. The quantitative estimate of drug-likeness (QED) is 0.817. The highest BCUT2D eigenvalue weighted by molar-refractivity contribution is 5.79. The van der Waals surface area contributed by atoms with E-state index in [0.717, 1.165) is 82.8 Å². The van der Waals surface area contributed by atoms with Crippen LogP contribution in [0.4, 0.5) is 11.8 Å². The number of morpholine rings is 1. The number of ether oxygens (including phenoxy) is 1. The summed E-state index contributed by atoms with van der Waals surface area (Å²) in [6.07, 6.45) is 3.35. The lowest BCUT2D eigenvalue weighted by Gasteiger charge is -2.38. The van der Waals surface area contributed by atoms with Gasteiger partial charge in [-0.05, 0) is 19.8 Å². The first-order chi connectivity index (χ1) is 12.2. The van der Waals surface area contributed by atoms with Gasteiger partial charge >= 0.3 is 0 Å². The Morgan fingerprint density at radius 3 is 2.40 bits per heavy atom. The fourth-order valence-electron chi connectivity index (χ4n) is 3.67. The zero-order valence-electron chi connectivity index (χ0n) is 15.0. The average molecular weight is 345 g/mol. The maximum absolute atomic E-state index is 12.4. The van der Waals surface area contributed by atoms with Gasteiger partial charge in [0.05, 0.1) is 13.2 Å². The van der Waals surface area contributed by atoms with E-state index < -0.39 is 0 Å². The Hall–Kier alpha value is -1.89. The molecule has 0 bridgehead atoms. The maximum Gasteiger partial charge on any atom is 0.227 e. The summed E-state index contributed by atoms with van der Waals surface area (Å²) in [7, 11) is 0. The molecule has 0 atom stereocenters. The molecule has 3 heterocycles. The molecule has 1 aliphatic carbocycles. The monoisotopic (exact) mass is 345 g/mol. The highest BCUT2D eigenvalue weighted by Crippen LogP contribution is 2.29. The minimum atomic E-state index is 0.287. The number of piperazine rings is 1. The van der Waals surface area contributed by atoms with Crippen LogP contribution in [0.25, 0.3) is 0 Å². The van der Waals surface area contributed by atoms with Crippen molar-refractivity contribution in [1.82, 2.24) is 14.9 Å². The number of hydrogen-bond donors (Lipinski definition) is 0. The molecule has 1 amide bonds. The van der Waals surface area contributed by atoms with Crippen LogP contribution in [0.2, 0.25) is 0 Å². The lowest BCUT2D eigenvalue weighted by molar-refractivity contribution is -0.138. The molecule has 0 unspecified atom stereocenters. The van der Waals surface area contributed by atoms with E-state index in [1.807, 2.05) is 17.9 Å². The standard InChI is InChI=1S/C18H27N5O2/c1-14-13-16(21-9-11-25-12-10-21)20-18(19-14)23-7-5-22(6-8-23)17(24)15-3-2-4-15/h13,15H,2-12H2,1H3. The van der Waals surface area contributed by atoms with Gasteiger partial charge in [-0.15, -0.1) is 0 Å². The van der Waals surface area contributed by atoms with Crippen molar-refractivity contribution in [3.63, 3.8) is 0 Å². The maximum atomic E-state index is 12.4. The Bertz CT molecular complexity index is 620. The van der Waals surface area contributed by atoms with Crippen LogP contribution in [0.1, 0.15) is 25.0 Å². The van der Waals surface area contributed by atoms with E-state index in [1.54, 1.807) is 0 Å². The molecule has 3 fully saturated rings. The topological polar surface area (TPSA) is 61.8 Å². The number of carbonyl (C=O) groups is 1. The number of carbonyl (C=O) groups excluding carboxylic acids is 1. The van der Waals surface area contributed by atoms with Crippen LogP contribution in [0, 0.1) is 12.8 Å². The van der Waals surface area contributed by atoms with Crippen molar-refractivity contribution in [1.29, 1.82) is 0 Å². The van der Waals surface area contributed by atoms with Gasteiger partial charge in [0.15, 0.2) is 0 Å². The third-order valence-electron chi connectivity index (χ3n) is 5.49. The molecule has 0 spiro atoms. The van der Waals surface area contributed by atoms with Crippen molar-refractivity contribution in [3.05, 3.63) is 11.8 Å². The Kier molecular flexibility index (Phi) is 4.74. The van der Waals surface area contributed by atoms with Crippen LogP contribution in [0.15, 0.2) is 6.07 Å². The number of rotatable bonds is 3. The molecule has 136 valence electrons.